The molecule has 1 N–H and O–H groups in total. The zero-order chi connectivity index (χ0) is 21.9. The molecule has 1 aromatic heterocycles. The fourth-order valence-electron chi connectivity index (χ4n) is 4.93. The van der Waals surface area contributed by atoms with E-state index in [1.807, 2.05) is 41.3 Å². The molecule has 0 spiro atoms. The summed E-state index contributed by atoms with van der Waals surface area (Å²) in [5.41, 5.74) is 4.15. The van der Waals surface area contributed by atoms with E-state index in [0.29, 0.717) is 0 Å². The second-order valence-electron chi connectivity index (χ2n) is 8.53. The van der Waals surface area contributed by atoms with Gasteiger partial charge in [0.25, 0.3) is 0 Å². The number of aromatic nitrogens is 2. The minimum Gasteiger partial charge on any atom is -0.379 e. The number of ether oxygens (including phenoxy) is 1. The van der Waals surface area contributed by atoms with Crippen molar-refractivity contribution in [3.8, 4) is 0 Å². The summed E-state index contributed by atoms with van der Waals surface area (Å²) >= 11 is 0. The highest BCUT2D eigenvalue weighted by Gasteiger charge is 2.34. The minimum absolute atomic E-state index is 0.00578. The van der Waals surface area contributed by atoms with Gasteiger partial charge in [0, 0.05) is 38.4 Å². The van der Waals surface area contributed by atoms with Gasteiger partial charge >= 0.3 is 6.03 Å². The number of imidazole rings is 1. The Morgan fingerprint density at radius 2 is 1.88 bits per heavy atom. The molecule has 2 fully saturated rings. The third-order valence-corrected chi connectivity index (χ3v) is 6.57. The summed E-state index contributed by atoms with van der Waals surface area (Å²) in [6.07, 6.45) is 1.92. The highest BCUT2D eigenvalue weighted by molar-refractivity contribution is 5.90. The summed E-state index contributed by atoms with van der Waals surface area (Å²) in [4.78, 5) is 22.7. The monoisotopic (exact) mass is 433 g/mol. The van der Waals surface area contributed by atoms with E-state index in [1.165, 1.54) is 0 Å². The van der Waals surface area contributed by atoms with Crippen molar-refractivity contribution in [3.63, 3.8) is 0 Å². The first-order valence-corrected chi connectivity index (χ1v) is 11.7. The number of rotatable bonds is 5. The molecule has 2 saturated heterocycles. The van der Waals surface area contributed by atoms with Crippen LogP contribution in [0.2, 0.25) is 0 Å². The Bertz CT molecular complexity index is 1090. The van der Waals surface area contributed by atoms with Crippen molar-refractivity contribution in [2.45, 2.75) is 38.9 Å². The molecule has 3 aromatic rings. The van der Waals surface area contributed by atoms with Gasteiger partial charge in [0.05, 0.1) is 30.3 Å². The minimum atomic E-state index is -0.0448. The number of carbonyl (C=O) groups excluding carboxylic acids is 1. The summed E-state index contributed by atoms with van der Waals surface area (Å²) in [7, 11) is 0. The molecule has 5 rings (SSSR count). The summed E-state index contributed by atoms with van der Waals surface area (Å²) in [6, 6.07) is 16.3. The predicted octanol–water partition coefficient (Wildman–Crippen LogP) is 4.26. The van der Waals surface area contributed by atoms with Crippen molar-refractivity contribution in [2.24, 2.45) is 0 Å². The van der Waals surface area contributed by atoms with Gasteiger partial charge < -0.3 is 19.5 Å². The lowest BCUT2D eigenvalue weighted by molar-refractivity contribution is 0.0342. The van der Waals surface area contributed by atoms with E-state index in [4.69, 9.17) is 9.72 Å². The van der Waals surface area contributed by atoms with Crippen LogP contribution in [0.1, 0.15) is 37.2 Å². The molecule has 2 aliphatic heterocycles. The van der Waals surface area contributed by atoms with Crippen molar-refractivity contribution >= 4 is 22.8 Å². The van der Waals surface area contributed by atoms with Crippen molar-refractivity contribution in [2.75, 3.05) is 38.2 Å². The highest BCUT2D eigenvalue weighted by atomic mass is 16.5. The van der Waals surface area contributed by atoms with Crippen LogP contribution >= 0.6 is 0 Å². The number of aryl methyl sites for hydroxylation is 1. The van der Waals surface area contributed by atoms with Gasteiger partial charge in [-0.15, -0.1) is 0 Å². The highest BCUT2D eigenvalue weighted by Crippen LogP contribution is 2.34. The molecule has 0 aliphatic carbocycles. The number of para-hydroxylation sites is 3. The van der Waals surface area contributed by atoms with Crippen LogP contribution in [0.15, 0.2) is 48.5 Å². The Balaban J connectivity index is 1.36. The number of likely N-dealkylation sites (tertiary alicyclic amines) is 1. The van der Waals surface area contributed by atoms with Crippen molar-refractivity contribution < 1.29 is 9.53 Å². The molecular weight excluding hydrogens is 402 g/mol. The van der Waals surface area contributed by atoms with Crippen LogP contribution in [0, 0.1) is 0 Å². The first kappa shape index (κ1) is 21.0. The Hall–Kier alpha value is -2.90. The van der Waals surface area contributed by atoms with Crippen LogP contribution in [0.5, 0.6) is 0 Å². The summed E-state index contributed by atoms with van der Waals surface area (Å²) in [6.45, 7) is 7.91. The number of urea groups is 1. The van der Waals surface area contributed by atoms with E-state index in [-0.39, 0.29) is 12.1 Å². The maximum Gasteiger partial charge on any atom is 0.322 e. The van der Waals surface area contributed by atoms with E-state index >= 15 is 0 Å². The van der Waals surface area contributed by atoms with Gasteiger partial charge in [-0.2, -0.15) is 0 Å². The number of nitrogens with zero attached hydrogens (tertiary/aromatic N) is 4. The molecule has 0 bridgehead atoms. The largest absolute Gasteiger partial charge is 0.379 e. The van der Waals surface area contributed by atoms with Crippen LogP contribution in [0.4, 0.5) is 10.5 Å². The Kier molecular flexibility index (Phi) is 6.10. The fourth-order valence-corrected chi connectivity index (χ4v) is 4.93. The number of benzene rings is 2. The number of carbonyl (C=O) groups is 1. The SMILES string of the molecule is CCn1c(C2CCCN2C(=O)Nc2ccccc2CN2CCOCC2)nc2ccccc21. The average molecular weight is 434 g/mol. The van der Waals surface area contributed by atoms with Crippen molar-refractivity contribution in [3.05, 3.63) is 59.9 Å². The van der Waals surface area contributed by atoms with Crippen molar-refractivity contribution in [1.82, 2.24) is 19.4 Å². The fraction of sp³-hybridized carbons (Fsp3) is 0.440. The van der Waals surface area contributed by atoms with Gasteiger partial charge in [-0.1, -0.05) is 30.3 Å². The first-order valence-electron chi connectivity index (χ1n) is 11.7. The third-order valence-electron chi connectivity index (χ3n) is 6.57. The van der Waals surface area contributed by atoms with Gasteiger partial charge in [-0.3, -0.25) is 4.90 Å². The molecule has 2 aliphatic rings. The number of anilines is 1. The molecule has 7 nitrogen and oxygen atoms in total. The lowest BCUT2D eigenvalue weighted by atomic mass is 10.1. The number of nitrogens with one attached hydrogen (secondary N) is 1. The lowest BCUT2D eigenvalue weighted by Gasteiger charge is -2.28. The smallest absolute Gasteiger partial charge is 0.322 e. The molecule has 168 valence electrons. The van der Waals surface area contributed by atoms with Crippen LogP contribution in [0.25, 0.3) is 11.0 Å². The first-order chi connectivity index (χ1) is 15.7. The molecule has 2 aromatic carbocycles. The van der Waals surface area contributed by atoms with Crippen molar-refractivity contribution in [1.29, 1.82) is 0 Å². The maximum atomic E-state index is 13.4. The van der Waals surface area contributed by atoms with Crippen LogP contribution in [-0.4, -0.2) is 58.2 Å². The van der Waals surface area contributed by atoms with Crippen LogP contribution < -0.4 is 5.32 Å². The third kappa shape index (κ3) is 4.10. The number of amides is 2. The molecule has 32 heavy (non-hydrogen) atoms. The summed E-state index contributed by atoms with van der Waals surface area (Å²) in [5.74, 6) is 0.989. The summed E-state index contributed by atoms with van der Waals surface area (Å²) in [5, 5.41) is 3.21. The second-order valence-corrected chi connectivity index (χ2v) is 8.53. The zero-order valence-corrected chi connectivity index (χ0v) is 18.7. The van der Waals surface area contributed by atoms with Crippen LogP contribution in [0.3, 0.4) is 0 Å². The number of fused-ring (bicyclic) bond motifs is 1. The second kappa shape index (κ2) is 9.30. The molecule has 7 heteroatoms. The molecular formula is C25H31N5O2. The quantitative estimate of drug-likeness (QED) is 0.653. The normalized spacial score (nSPS) is 19.5. The van der Waals surface area contributed by atoms with E-state index < -0.39 is 0 Å². The van der Waals surface area contributed by atoms with Gasteiger partial charge in [0.1, 0.15) is 5.82 Å². The Morgan fingerprint density at radius 3 is 2.72 bits per heavy atom. The Labute approximate surface area is 189 Å². The maximum absolute atomic E-state index is 13.4. The summed E-state index contributed by atoms with van der Waals surface area (Å²) < 4.78 is 7.72. The average Bonchev–Trinajstić information content (AvgIpc) is 3.45. The van der Waals surface area contributed by atoms with Gasteiger partial charge in [0.15, 0.2) is 0 Å². The van der Waals surface area contributed by atoms with Crippen LogP contribution in [-0.2, 0) is 17.8 Å². The molecule has 0 saturated carbocycles. The predicted molar refractivity (Wildman–Crippen MR) is 126 cm³/mol. The van der Waals surface area contributed by atoms with E-state index in [0.717, 1.165) is 86.9 Å². The lowest BCUT2D eigenvalue weighted by Crippen LogP contribution is -2.37. The van der Waals surface area contributed by atoms with E-state index in [2.05, 4.69) is 33.8 Å². The van der Waals surface area contributed by atoms with Gasteiger partial charge in [0.2, 0.25) is 0 Å². The molecule has 3 heterocycles. The molecule has 0 radical (unpaired) electrons. The number of hydrogen-bond donors (Lipinski definition) is 1. The van der Waals surface area contributed by atoms with Gasteiger partial charge in [-0.25, -0.2) is 9.78 Å². The number of morpholine rings is 1. The molecule has 1 unspecified atom stereocenters. The standard InChI is InChI=1S/C25H31N5O2/c1-2-29-22-11-6-5-10-21(22)26-24(29)23-12-7-13-30(23)25(31)27-20-9-4-3-8-19(20)18-28-14-16-32-17-15-28/h3-6,8-11,23H,2,7,12-18H2,1H3,(H,27,31). The van der Waals surface area contributed by atoms with Gasteiger partial charge in [-0.05, 0) is 43.5 Å². The number of hydrogen-bond acceptors (Lipinski definition) is 4. The molecule has 2 amide bonds. The van der Waals surface area contributed by atoms with E-state index in [9.17, 15) is 4.79 Å². The van der Waals surface area contributed by atoms with E-state index in [1.54, 1.807) is 0 Å². The zero-order valence-electron chi connectivity index (χ0n) is 18.7. The topological polar surface area (TPSA) is 62.6 Å². The Morgan fingerprint density at radius 1 is 1.09 bits per heavy atom. The molecule has 1 atom stereocenters.